The molecule has 9 nitrogen and oxygen atoms in total. The minimum absolute atomic E-state index is 0. The summed E-state index contributed by atoms with van der Waals surface area (Å²) in [7, 11) is -0.727. The highest BCUT2D eigenvalue weighted by Crippen LogP contribution is 2.24. The van der Waals surface area contributed by atoms with Crippen LogP contribution in [-0.4, -0.2) is 72.5 Å². The lowest BCUT2D eigenvalue weighted by Gasteiger charge is -2.29. The highest BCUT2D eigenvalue weighted by Gasteiger charge is 2.23. The third kappa shape index (κ3) is 9.55. The first-order chi connectivity index (χ1) is 23.6. The van der Waals surface area contributed by atoms with Gasteiger partial charge in [-0.3, -0.25) is 0 Å². The molecule has 0 atom stereocenters. The van der Waals surface area contributed by atoms with Gasteiger partial charge in [-0.1, -0.05) is 34.1 Å². The number of nitrogens with zero attached hydrogens (tertiary/aromatic N) is 6. The summed E-state index contributed by atoms with van der Waals surface area (Å²) >= 11 is 3.47. The molecule has 3 aliphatic rings. The van der Waals surface area contributed by atoms with Gasteiger partial charge in [0.1, 0.15) is 0 Å². The van der Waals surface area contributed by atoms with Crippen LogP contribution in [0.3, 0.4) is 0 Å². The Bertz CT molecular complexity index is 1880. The second kappa shape index (κ2) is 17.3. The summed E-state index contributed by atoms with van der Waals surface area (Å²) in [6.45, 7) is 13.3. The van der Waals surface area contributed by atoms with E-state index in [2.05, 4.69) is 106 Å². The summed E-state index contributed by atoms with van der Waals surface area (Å²) in [6.07, 6.45) is 11.0. The molecule has 0 fully saturated rings. The van der Waals surface area contributed by atoms with Crippen molar-refractivity contribution in [2.24, 2.45) is 0 Å². The fraction of sp³-hybridized carbons (Fsp3) is 0.351. The molecular weight excluding hydrogens is 711 g/mol. The summed E-state index contributed by atoms with van der Waals surface area (Å²) in [4.78, 5) is 12.7. The zero-order valence-electron chi connectivity index (χ0n) is 29.4. The van der Waals surface area contributed by atoms with Crippen molar-refractivity contribution in [3.63, 3.8) is 0 Å². The quantitative estimate of drug-likeness (QED) is 0.199. The third-order valence-corrected chi connectivity index (χ3v) is 10.1. The molecule has 8 rings (SSSR count). The third-order valence-electron chi connectivity index (χ3n) is 9.59. The number of hydrogen-bond acceptors (Lipinski definition) is 7. The number of aryl methyl sites for hydroxylation is 2. The lowest BCUT2D eigenvalue weighted by molar-refractivity contribution is 0.347. The number of benzene rings is 3. The molecule has 5 heterocycles. The molecule has 5 aromatic rings. The van der Waals surface area contributed by atoms with Gasteiger partial charge in [0, 0.05) is 47.9 Å². The molecule has 50 heavy (non-hydrogen) atoms. The molecular formula is C37H47B2BrClN7O2. The van der Waals surface area contributed by atoms with Crippen molar-refractivity contribution in [3.8, 4) is 11.4 Å². The summed E-state index contributed by atoms with van der Waals surface area (Å²) in [5.41, 5.74) is 12.7. The number of hydrogen-bond donors (Lipinski definition) is 3. The maximum atomic E-state index is 9.70. The Morgan fingerprint density at radius 2 is 1.14 bits per heavy atom. The Morgan fingerprint density at radius 3 is 1.64 bits per heavy atom. The van der Waals surface area contributed by atoms with Crippen molar-refractivity contribution in [2.75, 3.05) is 19.6 Å². The Balaban J connectivity index is 0.000000146. The highest BCUT2D eigenvalue weighted by atomic mass is 79.9. The first-order valence-corrected chi connectivity index (χ1v) is 18.0. The zero-order chi connectivity index (χ0) is 34.5. The smallest absolute Gasteiger partial charge is 0.376 e. The van der Waals surface area contributed by atoms with E-state index in [-0.39, 0.29) is 26.5 Å². The number of imidazole rings is 2. The van der Waals surface area contributed by atoms with Gasteiger partial charge in [0.05, 0.1) is 24.0 Å². The van der Waals surface area contributed by atoms with Gasteiger partial charge in [0.15, 0.2) is 0 Å². The van der Waals surface area contributed by atoms with Gasteiger partial charge < -0.3 is 34.1 Å². The fourth-order valence-corrected chi connectivity index (χ4v) is 7.07. The minimum Gasteiger partial charge on any atom is -0.437 e. The van der Waals surface area contributed by atoms with E-state index < -0.39 is 0 Å². The van der Waals surface area contributed by atoms with Crippen LogP contribution in [-0.2, 0) is 38.9 Å². The molecule has 0 saturated carbocycles. The normalized spacial score (nSPS) is 15.2. The zero-order valence-corrected chi connectivity index (χ0v) is 31.8. The van der Waals surface area contributed by atoms with Gasteiger partial charge in [0.25, 0.3) is 0 Å². The van der Waals surface area contributed by atoms with Crippen molar-refractivity contribution in [3.05, 3.63) is 129 Å². The van der Waals surface area contributed by atoms with Crippen LogP contribution < -0.4 is 5.32 Å². The Labute approximate surface area is 311 Å². The summed E-state index contributed by atoms with van der Waals surface area (Å²) in [5.74, 6) is 0. The molecule has 13 heteroatoms. The number of fused-ring (bicyclic) bond motifs is 3. The van der Waals surface area contributed by atoms with E-state index >= 15 is 0 Å². The van der Waals surface area contributed by atoms with Crippen molar-refractivity contribution < 1.29 is 10.0 Å². The number of halogens is 2. The van der Waals surface area contributed by atoms with Gasteiger partial charge in [-0.2, -0.15) is 0 Å². The average Bonchev–Trinajstić information content (AvgIpc) is 3.75. The van der Waals surface area contributed by atoms with Gasteiger partial charge in [-0.05, 0) is 136 Å². The molecule has 3 aliphatic heterocycles. The molecule has 0 spiro atoms. The fourth-order valence-electron chi connectivity index (χ4n) is 6.66. The molecule has 2 aromatic heterocycles. The SMILES string of the molecule is CB(O)N1CCc2ccc(-n3cnc(C)c3)cc2C1.CB(O)N1CCc2ccc(Br)cc2C1.Cc1cn(-c2ccc3c(c2)CNCC3)cn1.Cl. The topological polar surface area (TPSA) is 94.6 Å². The van der Waals surface area contributed by atoms with Crippen LogP contribution in [0.4, 0.5) is 0 Å². The highest BCUT2D eigenvalue weighted by molar-refractivity contribution is 9.10. The lowest BCUT2D eigenvalue weighted by Crippen LogP contribution is -2.40. The van der Waals surface area contributed by atoms with Gasteiger partial charge in [-0.25, -0.2) is 9.97 Å². The minimum atomic E-state index is -0.382. The summed E-state index contributed by atoms with van der Waals surface area (Å²) in [5, 5.41) is 22.6. The van der Waals surface area contributed by atoms with Crippen molar-refractivity contribution in [2.45, 2.75) is 66.4 Å². The van der Waals surface area contributed by atoms with Crippen molar-refractivity contribution in [1.82, 2.24) is 34.0 Å². The molecule has 3 aromatic carbocycles. The van der Waals surface area contributed by atoms with E-state index in [9.17, 15) is 10.0 Å². The molecule has 0 amide bonds. The predicted molar refractivity (Wildman–Crippen MR) is 209 cm³/mol. The molecule has 0 radical (unpaired) electrons. The van der Waals surface area contributed by atoms with E-state index in [1.54, 1.807) is 0 Å². The number of nitrogens with one attached hydrogen (secondary N) is 1. The molecule has 3 N–H and O–H groups in total. The van der Waals surface area contributed by atoms with Crippen LogP contribution in [0, 0.1) is 13.8 Å². The van der Waals surface area contributed by atoms with Crippen LogP contribution in [0.15, 0.2) is 84.1 Å². The average molecular weight is 759 g/mol. The van der Waals surface area contributed by atoms with E-state index in [1.807, 2.05) is 50.9 Å². The molecule has 0 bridgehead atoms. The largest absolute Gasteiger partial charge is 0.437 e. The molecule has 0 saturated heterocycles. The molecule has 0 unspecified atom stereocenters. The predicted octanol–water partition coefficient (Wildman–Crippen LogP) is 5.81. The van der Waals surface area contributed by atoms with E-state index in [0.29, 0.717) is 0 Å². The van der Waals surface area contributed by atoms with Crippen LogP contribution in [0.25, 0.3) is 11.4 Å². The monoisotopic (exact) mass is 757 g/mol. The Kier molecular flexibility index (Phi) is 13.2. The number of aromatic nitrogens is 4. The molecule has 0 aliphatic carbocycles. The maximum Gasteiger partial charge on any atom is 0.376 e. The van der Waals surface area contributed by atoms with Gasteiger partial charge >= 0.3 is 14.1 Å². The standard InChI is InChI=1S/C14H18BN3O.C13H15N3.C10H13BBrNO.ClH/c1-11-8-17(10-16-11)14-4-3-12-5-6-18(15(2)19)9-13(12)7-14;1-10-8-16(9-15-10)13-3-2-11-4-5-14-7-12(11)6-13;1-11(14)13-5-4-8-2-3-10(12)6-9(8)7-13;/h3-4,7-8,10,19H,5-6,9H2,1-2H3;2-3,6,8-9,14H,4-5,7H2,1H3;2-3,6,14H,4-5,7H2,1H3;1H. The first-order valence-electron chi connectivity index (χ1n) is 17.2. The van der Waals surface area contributed by atoms with Crippen molar-refractivity contribution in [1.29, 1.82) is 0 Å². The van der Waals surface area contributed by atoms with E-state index in [4.69, 9.17) is 0 Å². The Hall–Kier alpha value is -3.22. The van der Waals surface area contributed by atoms with Gasteiger partial charge in [0.2, 0.25) is 0 Å². The maximum absolute atomic E-state index is 9.70. The van der Waals surface area contributed by atoms with Crippen LogP contribution in [0.1, 0.15) is 44.8 Å². The van der Waals surface area contributed by atoms with Crippen molar-refractivity contribution >= 4 is 42.4 Å². The van der Waals surface area contributed by atoms with Crippen LogP contribution in [0.5, 0.6) is 0 Å². The van der Waals surface area contributed by atoms with Crippen LogP contribution in [0.2, 0.25) is 13.6 Å². The lowest BCUT2D eigenvalue weighted by atomic mass is 9.81. The van der Waals surface area contributed by atoms with E-state index in [0.717, 1.165) is 80.1 Å². The first kappa shape index (κ1) is 38.0. The second-order valence-corrected chi connectivity index (χ2v) is 14.2. The summed E-state index contributed by atoms with van der Waals surface area (Å²) in [6, 6.07) is 19.6. The molecule has 262 valence electrons. The second-order valence-electron chi connectivity index (χ2n) is 13.3. The van der Waals surface area contributed by atoms with E-state index in [1.165, 1.54) is 39.1 Å². The van der Waals surface area contributed by atoms with Crippen LogP contribution >= 0.6 is 28.3 Å². The number of rotatable bonds is 4. The van der Waals surface area contributed by atoms with Gasteiger partial charge in [-0.15, -0.1) is 12.4 Å². The summed E-state index contributed by atoms with van der Waals surface area (Å²) < 4.78 is 5.23. The Morgan fingerprint density at radius 1 is 0.660 bits per heavy atom.